The number of amides is 2. The highest BCUT2D eigenvalue weighted by Crippen LogP contribution is 2.30. The Morgan fingerprint density at radius 2 is 2.00 bits per heavy atom. The van der Waals surface area contributed by atoms with Crippen LogP contribution in [-0.2, 0) is 16.0 Å². The Bertz CT molecular complexity index is 1210. The number of methoxy groups -OCH3 is 1. The number of nitrogens with one attached hydrogen (secondary N) is 1. The second-order valence-electron chi connectivity index (χ2n) is 7.70. The van der Waals surface area contributed by atoms with Crippen LogP contribution in [0.1, 0.15) is 15.9 Å². The lowest BCUT2D eigenvalue weighted by atomic mass is 10.1. The lowest BCUT2D eigenvalue weighted by Crippen LogP contribution is -2.47. The maximum absolute atomic E-state index is 15.1. The number of ether oxygens (including phenoxy) is 2. The highest BCUT2D eigenvalue weighted by molar-refractivity contribution is 5.94. The number of carbonyl (C=O) groups is 2. The number of pyridine rings is 1. The molecular formula is C22H23F2N5O4. The van der Waals surface area contributed by atoms with Gasteiger partial charge in [0.15, 0.2) is 5.65 Å². The van der Waals surface area contributed by atoms with E-state index in [1.807, 2.05) is 6.92 Å². The fourth-order valence-corrected chi connectivity index (χ4v) is 3.87. The average molecular weight is 459 g/mol. The van der Waals surface area contributed by atoms with Gasteiger partial charge >= 0.3 is 6.09 Å². The zero-order valence-corrected chi connectivity index (χ0v) is 18.4. The van der Waals surface area contributed by atoms with Crippen molar-refractivity contribution < 1.29 is 27.8 Å². The Morgan fingerprint density at radius 3 is 2.67 bits per heavy atom. The van der Waals surface area contributed by atoms with E-state index in [9.17, 15) is 9.59 Å². The number of aryl methyl sites for hydroxylation is 1. The summed E-state index contributed by atoms with van der Waals surface area (Å²) in [5, 5.41) is 2.34. The number of benzene rings is 1. The fraction of sp³-hybridized carbons (Fsp3) is 0.364. The molecule has 0 aliphatic carbocycles. The SMILES string of the molecule is CNC(=O)c1cc(F)c(-c2nc3cc(C)cnc3n2CC2CN(C(=O)OC)CCO2)c(F)c1. The number of imidazole rings is 1. The second kappa shape index (κ2) is 9.10. The van der Waals surface area contributed by atoms with E-state index in [1.165, 1.54) is 19.1 Å². The number of morpholine rings is 1. The second-order valence-corrected chi connectivity index (χ2v) is 7.70. The van der Waals surface area contributed by atoms with Crippen LogP contribution >= 0.6 is 0 Å². The Hall–Kier alpha value is -3.60. The third-order valence-corrected chi connectivity index (χ3v) is 5.43. The first kappa shape index (κ1) is 22.6. The first-order valence-electron chi connectivity index (χ1n) is 10.3. The molecule has 4 rings (SSSR count). The molecule has 1 fully saturated rings. The lowest BCUT2D eigenvalue weighted by Gasteiger charge is -2.32. The van der Waals surface area contributed by atoms with Crippen molar-refractivity contribution in [1.82, 2.24) is 24.8 Å². The smallest absolute Gasteiger partial charge is 0.409 e. The molecule has 1 unspecified atom stereocenters. The van der Waals surface area contributed by atoms with E-state index in [-0.39, 0.29) is 36.6 Å². The van der Waals surface area contributed by atoms with E-state index >= 15 is 8.78 Å². The van der Waals surface area contributed by atoms with Crippen molar-refractivity contribution in [3.8, 4) is 11.4 Å². The van der Waals surface area contributed by atoms with Gasteiger partial charge in [-0.15, -0.1) is 0 Å². The Morgan fingerprint density at radius 1 is 1.27 bits per heavy atom. The van der Waals surface area contributed by atoms with Gasteiger partial charge in [-0.2, -0.15) is 0 Å². The predicted octanol–water partition coefficient (Wildman–Crippen LogP) is 2.51. The molecule has 9 nitrogen and oxygen atoms in total. The molecule has 11 heteroatoms. The first-order valence-corrected chi connectivity index (χ1v) is 10.3. The summed E-state index contributed by atoms with van der Waals surface area (Å²) in [7, 11) is 2.68. The van der Waals surface area contributed by atoms with Crippen molar-refractivity contribution in [2.45, 2.75) is 19.6 Å². The molecule has 1 saturated heterocycles. The molecule has 2 aromatic heterocycles. The Labute approximate surface area is 188 Å². The van der Waals surface area contributed by atoms with Gasteiger partial charge in [-0.05, 0) is 30.7 Å². The number of carbonyl (C=O) groups excluding carboxylic acids is 2. The van der Waals surface area contributed by atoms with Crippen LogP contribution in [0.3, 0.4) is 0 Å². The van der Waals surface area contributed by atoms with Gasteiger partial charge in [-0.25, -0.2) is 23.5 Å². The standard InChI is InChI=1S/C22H23F2N5O4/c1-12-6-17-19(26-9-12)29(11-14-10-28(4-5-33-14)22(31)32-3)20(27-17)18-15(23)7-13(8-16(18)24)21(30)25-2/h6-9,14H,4-5,10-11H2,1-3H3,(H,25,30). The molecule has 3 heterocycles. The highest BCUT2D eigenvalue weighted by Gasteiger charge is 2.28. The molecule has 3 aromatic rings. The van der Waals surface area contributed by atoms with Crippen LogP contribution in [0, 0.1) is 18.6 Å². The van der Waals surface area contributed by atoms with Crippen LogP contribution in [0.15, 0.2) is 24.4 Å². The molecular weight excluding hydrogens is 436 g/mol. The summed E-state index contributed by atoms with van der Waals surface area (Å²) in [5.41, 5.74) is 1.19. The minimum absolute atomic E-state index is 0.0142. The van der Waals surface area contributed by atoms with E-state index < -0.39 is 29.7 Å². The lowest BCUT2D eigenvalue weighted by molar-refractivity contribution is -0.0310. The van der Waals surface area contributed by atoms with Gasteiger partial charge < -0.3 is 24.3 Å². The van der Waals surface area contributed by atoms with Gasteiger partial charge in [-0.3, -0.25) is 4.79 Å². The summed E-state index contributed by atoms with van der Waals surface area (Å²) in [5.74, 6) is -2.45. The molecule has 0 radical (unpaired) electrons. The molecule has 1 aliphatic heterocycles. The summed E-state index contributed by atoms with van der Waals surface area (Å²) >= 11 is 0. The van der Waals surface area contributed by atoms with Crippen LogP contribution in [0.25, 0.3) is 22.6 Å². The van der Waals surface area contributed by atoms with Gasteiger partial charge in [0.2, 0.25) is 0 Å². The molecule has 174 valence electrons. The van der Waals surface area contributed by atoms with Crippen molar-refractivity contribution >= 4 is 23.2 Å². The molecule has 33 heavy (non-hydrogen) atoms. The van der Waals surface area contributed by atoms with E-state index in [4.69, 9.17) is 9.47 Å². The predicted molar refractivity (Wildman–Crippen MR) is 115 cm³/mol. The number of hydrogen-bond donors (Lipinski definition) is 1. The molecule has 2 amide bonds. The quantitative estimate of drug-likeness (QED) is 0.644. The van der Waals surface area contributed by atoms with Crippen LogP contribution in [0.4, 0.5) is 13.6 Å². The van der Waals surface area contributed by atoms with Crippen LogP contribution < -0.4 is 5.32 Å². The summed E-state index contributed by atoms with van der Waals surface area (Å²) in [6.45, 7) is 2.88. The van der Waals surface area contributed by atoms with Crippen molar-refractivity contribution in [2.75, 3.05) is 33.9 Å². The largest absolute Gasteiger partial charge is 0.453 e. The fourth-order valence-electron chi connectivity index (χ4n) is 3.87. The third kappa shape index (κ3) is 4.36. The number of halogens is 2. The van der Waals surface area contributed by atoms with Crippen molar-refractivity contribution in [3.63, 3.8) is 0 Å². The zero-order chi connectivity index (χ0) is 23.7. The monoisotopic (exact) mass is 459 g/mol. The minimum atomic E-state index is -0.928. The van der Waals surface area contributed by atoms with Gasteiger partial charge in [0.05, 0.1) is 38.5 Å². The van der Waals surface area contributed by atoms with Crippen molar-refractivity contribution in [1.29, 1.82) is 0 Å². The zero-order valence-electron chi connectivity index (χ0n) is 18.4. The molecule has 1 N–H and O–H groups in total. The number of rotatable bonds is 4. The van der Waals surface area contributed by atoms with Gasteiger partial charge in [0, 0.05) is 25.4 Å². The number of nitrogens with zero attached hydrogens (tertiary/aromatic N) is 4. The van der Waals surface area contributed by atoms with E-state index in [0.717, 1.165) is 17.7 Å². The topological polar surface area (TPSA) is 98.6 Å². The van der Waals surface area contributed by atoms with Crippen LogP contribution in [0.5, 0.6) is 0 Å². The summed E-state index contributed by atoms with van der Waals surface area (Å²) in [4.78, 5) is 34.2. The molecule has 0 spiro atoms. The Kier molecular flexibility index (Phi) is 6.23. The van der Waals surface area contributed by atoms with E-state index in [2.05, 4.69) is 15.3 Å². The van der Waals surface area contributed by atoms with Crippen LogP contribution in [-0.4, -0.2) is 71.4 Å². The van der Waals surface area contributed by atoms with E-state index in [0.29, 0.717) is 17.7 Å². The molecule has 1 atom stereocenters. The van der Waals surface area contributed by atoms with Gasteiger partial charge in [0.25, 0.3) is 5.91 Å². The van der Waals surface area contributed by atoms with Gasteiger partial charge in [-0.1, -0.05) is 0 Å². The number of aromatic nitrogens is 3. The van der Waals surface area contributed by atoms with Crippen molar-refractivity contribution in [2.24, 2.45) is 0 Å². The normalized spacial score (nSPS) is 16.2. The average Bonchev–Trinajstić information content (AvgIpc) is 3.14. The van der Waals surface area contributed by atoms with Crippen LogP contribution in [0.2, 0.25) is 0 Å². The summed E-state index contributed by atoms with van der Waals surface area (Å²) in [6, 6.07) is 3.70. The third-order valence-electron chi connectivity index (χ3n) is 5.43. The number of hydrogen-bond acceptors (Lipinski definition) is 6. The number of fused-ring (bicyclic) bond motifs is 1. The molecule has 0 bridgehead atoms. The minimum Gasteiger partial charge on any atom is -0.453 e. The van der Waals surface area contributed by atoms with E-state index in [1.54, 1.807) is 16.8 Å². The Balaban J connectivity index is 1.79. The maximum Gasteiger partial charge on any atom is 0.409 e. The summed E-state index contributed by atoms with van der Waals surface area (Å²) < 4.78 is 42.3. The molecule has 1 aliphatic rings. The highest BCUT2D eigenvalue weighted by atomic mass is 19.1. The molecule has 1 aromatic carbocycles. The first-order chi connectivity index (χ1) is 15.8. The van der Waals surface area contributed by atoms with Crippen molar-refractivity contribution in [3.05, 3.63) is 47.2 Å². The summed E-state index contributed by atoms with van der Waals surface area (Å²) in [6.07, 6.45) is 0.678. The van der Waals surface area contributed by atoms with Gasteiger partial charge in [0.1, 0.15) is 23.0 Å². The molecule has 0 saturated carbocycles. The maximum atomic E-state index is 15.1.